The normalized spacial score (nSPS) is 17.3. The second kappa shape index (κ2) is 7.44. The average molecular weight is 364 g/mol. The van der Waals surface area contributed by atoms with Crippen molar-refractivity contribution in [2.24, 2.45) is 0 Å². The van der Waals surface area contributed by atoms with E-state index in [9.17, 15) is 0 Å². The van der Waals surface area contributed by atoms with Gasteiger partial charge in [0, 0.05) is 48.5 Å². The molecule has 4 rings (SSSR count). The van der Waals surface area contributed by atoms with Gasteiger partial charge in [0.15, 0.2) is 5.82 Å². The van der Waals surface area contributed by atoms with Crippen LogP contribution in [-0.2, 0) is 11.3 Å². The Hall–Kier alpha value is -2.80. The number of hydrogen-bond donors (Lipinski definition) is 0. The lowest BCUT2D eigenvalue weighted by atomic mass is 10.2. The first kappa shape index (κ1) is 17.6. The summed E-state index contributed by atoms with van der Waals surface area (Å²) in [6.45, 7) is 9.17. The number of aromatic nitrogens is 5. The minimum Gasteiger partial charge on any atom is -0.373 e. The number of pyridine rings is 1. The molecule has 1 aliphatic rings. The van der Waals surface area contributed by atoms with E-state index in [4.69, 9.17) is 9.72 Å². The zero-order chi connectivity index (χ0) is 18.8. The maximum absolute atomic E-state index is 5.97. The molecule has 4 heterocycles. The molecule has 7 heteroatoms. The molecule has 0 radical (unpaired) electrons. The molecule has 0 N–H and O–H groups in total. The molecular weight excluding hydrogens is 340 g/mol. The molecule has 1 atom stereocenters. The van der Waals surface area contributed by atoms with E-state index in [1.165, 1.54) is 0 Å². The van der Waals surface area contributed by atoms with E-state index in [0.717, 1.165) is 47.8 Å². The van der Waals surface area contributed by atoms with Crippen LogP contribution in [0.3, 0.4) is 0 Å². The van der Waals surface area contributed by atoms with Crippen LogP contribution in [0.15, 0.2) is 36.9 Å². The molecule has 0 amide bonds. The highest BCUT2D eigenvalue weighted by Gasteiger charge is 2.24. The van der Waals surface area contributed by atoms with Crippen LogP contribution in [0.4, 0.5) is 5.82 Å². The molecule has 3 aromatic rings. The van der Waals surface area contributed by atoms with Crippen molar-refractivity contribution in [1.82, 2.24) is 24.7 Å². The standard InChI is InChI=1S/C20H24N6O/c1-14-9-22-26(11-14)13-18-12-25(7-8-27-18)20-15(2)16(3)23-19(24-20)17-5-4-6-21-10-17/h4-6,9-11,18H,7-8,12-13H2,1-3H3. The fraction of sp³-hybridized carbons (Fsp3) is 0.400. The number of hydrogen-bond acceptors (Lipinski definition) is 6. The molecule has 0 saturated carbocycles. The summed E-state index contributed by atoms with van der Waals surface area (Å²) in [4.78, 5) is 16.0. The number of ether oxygens (including phenoxy) is 1. The first-order valence-electron chi connectivity index (χ1n) is 9.21. The Morgan fingerprint density at radius 1 is 1.19 bits per heavy atom. The van der Waals surface area contributed by atoms with Gasteiger partial charge in [-0.3, -0.25) is 9.67 Å². The van der Waals surface area contributed by atoms with Crippen molar-refractivity contribution in [1.29, 1.82) is 0 Å². The van der Waals surface area contributed by atoms with Crippen molar-refractivity contribution in [2.75, 3.05) is 24.6 Å². The number of aryl methyl sites for hydroxylation is 2. The Morgan fingerprint density at radius 2 is 2.07 bits per heavy atom. The van der Waals surface area contributed by atoms with Crippen LogP contribution in [0.1, 0.15) is 16.8 Å². The highest BCUT2D eigenvalue weighted by Crippen LogP contribution is 2.25. The van der Waals surface area contributed by atoms with Gasteiger partial charge in [-0.25, -0.2) is 9.97 Å². The molecule has 0 aliphatic carbocycles. The molecule has 140 valence electrons. The summed E-state index contributed by atoms with van der Waals surface area (Å²) in [6.07, 6.45) is 7.56. The van der Waals surface area contributed by atoms with Crippen molar-refractivity contribution >= 4 is 5.82 Å². The maximum atomic E-state index is 5.97. The van der Waals surface area contributed by atoms with Crippen LogP contribution in [0.5, 0.6) is 0 Å². The van der Waals surface area contributed by atoms with Gasteiger partial charge in [-0.05, 0) is 38.5 Å². The second-order valence-electron chi connectivity index (χ2n) is 7.00. The summed E-state index contributed by atoms with van der Waals surface area (Å²) in [6, 6.07) is 3.90. The minimum atomic E-state index is 0.0783. The van der Waals surface area contributed by atoms with Crippen molar-refractivity contribution < 1.29 is 4.74 Å². The number of rotatable bonds is 4. The lowest BCUT2D eigenvalue weighted by Gasteiger charge is -2.34. The highest BCUT2D eigenvalue weighted by molar-refractivity contribution is 5.59. The van der Waals surface area contributed by atoms with Gasteiger partial charge in [0.1, 0.15) is 5.82 Å². The molecular formula is C20H24N6O. The summed E-state index contributed by atoms with van der Waals surface area (Å²) in [5.41, 5.74) is 4.19. The Morgan fingerprint density at radius 3 is 2.81 bits per heavy atom. The predicted molar refractivity (Wildman–Crippen MR) is 104 cm³/mol. The molecule has 0 bridgehead atoms. The average Bonchev–Trinajstić information content (AvgIpc) is 3.09. The summed E-state index contributed by atoms with van der Waals surface area (Å²) < 4.78 is 7.92. The van der Waals surface area contributed by atoms with E-state index >= 15 is 0 Å². The first-order chi connectivity index (χ1) is 13.1. The molecule has 27 heavy (non-hydrogen) atoms. The largest absolute Gasteiger partial charge is 0.373 e. The Kier molecular flexibility index (Phi) is 4.85. The van der Waals surface area contributed by atoms with Crippen molar-refractivity contribution in [3.63, 3.8) is 0 Å². The molecule has 1 saturated heterocycles. The topological polar surface area (TPSA) is 69.0 Å². The van der Waals surface area contributed by atoms with Crippen LogP contribution in [0.2, 0.25) is 0 Å². The van der Waals surface area contributed by atoms with Gasteiger partial charge >= 0.3 is 0 Å². The van der Waals surface area contributed by atoms with Gasteiger partial charge in [0.05, 0.1) is 25.5 Å². The first-order valence-corrected chi connectivity index (χ1v) is 9.21. The number of nitrogens with zero attached hydrogens (tertiary/aromatic N) is 6. The number of morpholine rings is 1. The Balaban J connectivity index is 1.59. The smallest absolute Gasteiger partial charge is 0.163 e. The van der Waals surface area contributed by atoms with Gasteiger partial charge in [-0.2, -0.15) is 5.10 Å². The molecule has 1 aliphatic heterocycles. The summed E-state index contributed by atoms with van der Waals surface area (Å²) in [5, 5.41) is 4.38. The third-order valence-electron chi connectivity index (χ3n) is 4.87. The third kappa shape index (κ3) is 3.83. The summed E-state index contributed by atoms with van der Waals surface area (Å²) >= 11 is 0. The van der Waals surface area contributed by atoms with Crippen molar-refractivity contribution in [3.8, 4) is 11.4 Å². The fourth-order valence-corrected chi connectivity index (χ4v) is 3.34. The van der Waals surface area contributed by atoms with Gasteiger partial charge in [-0.1, -0.05) is 0 Å². The van der Waals surface area contributed by atoms with Gasteiger partial charge in [-0.15, -0.1) is 0 Å². The minimum absolute atomic E-state index is 0.0783. The van der Waals surface area contributed by atoms with Crippen LogP contribution in [0.25, 0.3) is 11.4 Å². The van der Waals surface area contributed by atoms with E-state index < -0.39 is 0 Å². The van der Waals surface area contributed by atoms with E-state index in [1.54, 1.807) is 12.4 Å². The molecule has 1 fully saturated rings. The molecule has 7 nitrogen and oxygen atoms in total. The highest BCUT2D eigenvalue weighted by atomic mass is 16.5. The van der Waals surface area contributed by atoms with E-state index in [2.05, 4.69) is 26.9 Å². The predicted octanol–water partition coefficient (Wildman–Crippen LogP) is 2.57. The van der Waals surface area contributed by atoms with E-state index in [1.807, 2.05) is 43.1 Å². The molecule has 0 aromatic carbocycles. The third-order valence-corrected chi connectivity index (χ3v) is 4.87. The lowest BCUT2D eigenvalue weighted by molar-refractivity contribution is 0.0271. The summed E-state index contributed by atoms with van der Waals surface area (Å²) in [7, 11) is 0. The fourth-order valence-electron chi connectivity index (χ4n) is 3.34. The van der Waals surface area contributed by atoms with Crippen LogP contribution >= 0.6 is 0 Å². The monoisotopic (exact) mass is 364 g/mol. The van der Waals surface area contributed by atoms with E-state index in [-0.39, 0.29) is 6.10 Å². The van der Waals surface area contributed by atoms with E-state index in [0.29, 0.717) is 12.4 Å². The quantitative estimate of drug-likeness (QED) is 0.709. The SMILES string of the molecule is Cc1cnn(CC2CN(c3nc(-c4cccnc4)nc(C)c3C)CCO2)c1. The lowest BCUT2D eigenvalue weighted by Crippen LogP contribution is -2.45. The zero-order valence-corrected chi connectivity index (χ0v) is 16.0. The number of anilines is 1. The van der Waals surface area contributed by atoms with Crippen LogP contribution in [-0.4, -0.2) is 50.5 Å². The van der Waals surface area contributed by atoms with Gasteiger partial charge in [0.25, 0.3) is 0 Å². The van der Waals surface area contributed by atoms with Crippen molar-refractivity contribution in [3.05, 3.63) is 53.7 Å². The van der Waals surface area contributed by atoms with Crippen LogP contribution < -0.4 is 4.90 Å². The molecule has 1 unspecified atom stereocenters. The summed E-state index contributed by atoms with van der Waals surface area (Å²) in [5.74, 6) is 1.69. The maximum Gasteiger partial charge on any atom is 0.163 e. The molecule has 3 aromatic heterocycles. The molecule has 0 spiro atoms. The Labute approximate surface area is 159 Å². The Bertz CT molecular complexity index is 923. The van der Waals surface area contributed by atoms with Crippen molar-refractivity contribution in [2.45, 2.75) is 33.4 Å². The zero-order valence-electron chi connectivity index (χ0n) is 16.0. The van der Waals surface area contributed by atoms with Gasteiger partial charge < -0.3 is 9.64 Å². The van der Waals surface area contributed by atoms with Crippen LogP contribution in [0, 0.1) is 20.8 Å². The van der Waals surface area contributed by atoms with Gasteiger partial charge in [0.2, 0.25) is 0 Å². The second-order valence-corrected chi connectivity index (χ2v) is 7.00.